The summed E-state index contributed by atoms with van der Waals surface area (Å²) in [6, 6.07) is 4.20. The number of rotatable bonds is 5. The van der Waals surface area contributed by atoms with Crippen LogP contribution >= 0.6 is 11.3 Å². The van der Waals surface area contributed by atoms with Gasteiger partial charge in [-0.15, -0.1) is 11.3 Å². The second-order valence-electron chi connectivity index (χ2n) is 14.6. The van der Waals surface area contributed by atoms with Crippen LogP contribution in [0, 0.1) is 51.8 Å². The van der Waals surface area contributed by atoms with Gasteiger partial charge in [-0.1, -0.05) is 47.6 Å². The molecule has 5 rings (SSSR count). The first kappa shape index (κ1) is 27.1. The summed E-state index contributed by atoms with van der Waals surface area (Å²) in [5, 5.41) is 5.46. The van der Waals surface area contributed by atoms with Gasteiger partial charge in [-0.05, 0) is 89.4 Å². The van der Waals surface area contributed by atoms with Gasteiger partial charge in [0.05, 0.1) is 6.04 Å². The fourth-order valence-corrected chi connectivity index (χ4v) is 10.5. The highest BCUT2D eigenvalue weighted by Gasteiger charge is 2.63. The molecule has 1 aromatic rings. The van der Waals surface area contributed by atoms with Crippen molar-refractivity contribution in [3.8, 4) is 0 Å². The van der Waals surface area contributed by atoms with E-state index in [4.69, 9.17) is 0 Å². The Morgan fingerprint density at radius 2 is 1.81 bits per heavy atom. The van der Waals surface area contributed by atoms with Crippen LogP contribution in [0.2, 0.25) is 0 Å². The number of carbonyl (C=O) groups excluding carboxylic acids is 3. The zero-order chi connectivity index (χ0) is 26.8. The maximum absolute atomic E-state index is 13.6. The first-order valence-corrected chi connectivity index (χ1v) is 15.6. The molecular weight excluding hydrogens is 478 g/mol. The van der Waals surface area contributed by atoms with Gasteiger partial charge >= 0.3 is 0 Å². The predicted octanol–water partition coefficient (Wildman–Crippen LogP) is 7.38. The lowest BCUT2D eigenvalue weighted by Gasteiger charge is -2.59. The minimum absolute atomic E-state index is 0.0190. The quantitative estimate of drug-likeness (QED) is 0.436. The Labute approximate surface area is 227 Å². The highest BCUT2D eigenvalue weighted by molar-refractivity contribution is 7.10. The van der Waals surface area contributed by atoms with Crippen LogP contribution in [0.15, 0.2) is 17.5 Å². The molecule has 0 aromatic carbocycles. The van der Waals surface area contributed by atoms with Gasteiger partial charge in [0.2, 0.25) is 5.91 Å². The topological polar surface area (TPSA) is 63.2 Å². The zero-order valence-corrected chi connectivity index (χ0v) is 24.6. The molecule has 1 aromatic heterocycles. The van der Waals surface area contributed by atoms with Crippen molar-refractivity contribution in [1.82, 2.24) is 5.32 Å². The van der Waals surface area contributed by atoms with E-state index in [1.807, 2.05) is 0 Å². The van der Waals surface area contributed by atoms with Crippen LogP contribution in [0.1, 0.15) is 110 Å². The summed E-state index contributed by atoms with van der Waals surface area (Å²) >= 11 is 1.71. The third kappa shape index (κ3) is 4.66. The molecular formula is C32H47NO3S. The van der Waals surface area contributed by atoms with E-state index in [2.05, 4.69) is 64.4 Å². The van der Waals surface area contributed by atoms with Crippen LogP contribution in [-0.2, 0) is 14.4 Å². The van der Waals surface area contributed by atoms with E-state index in [0.29, 0.717) is 60.9 Å². The van der Waals surface area contributed by atoms with E-state index >= 15 is 0 Å². The fraction of sp³-hybridized carbons (Fsp3) is 0.781. The normalized spacial score (nSPS) is 39.4. The number of ketones is 2. The Morgan fingerprint density at radius 3 is 2.49 bits per heavy atom. The summed E-state index contributed by atoms with van der Waals surface area (Å²) in [4.78, 5) is 40.4. The summed E-state index contributed by atoms with van der Waals surface area (Å²) in [5.41, 5.74) is 0.216. The van der Waals surface area contributed by atoms with Gasteiger partial charge in [0.25, 0.3) is 0 Å². The molecule has 204 valence electrons. The number of hydrogen-bond donors (Lipinski definition) is 1. The van der Waals surface area contributed by atoms with Crippen LogP contribution in [0.5, 0.6) is 0 Å². The SMILES string of the molecule is C[C@H](CC(=O)NC(c1cccs1)C(C)(C)C)C1CC[C@H]2[C@@H]3C(=O)C[C@@H]4CC(=O)CC[C@]4(C)[C@H]3CC[C@]12C. The molecule has 4 aliphatic carbocycles. The van der Waals surface area contributed by atoms with E-state index in [1.54, 1.807) is 11.3 Å². The molecule has 0 aliphatic heterocycles. The maximum Gasteiger partial charge on any atom is 0.220 e. The lowest BCUT2D eigenvalue weighted by molar-refractivity contribution is -0.159. The van der Waals surface area contributed by atoms with E-state index in [-0.39, 0.29) is 40.0 Å². The van der Waals surface area contributed by atoms with Gasteiger partial charge in [0, 0.05) is 36.5 Å². The number of nitrogens with one attached hydrogen (secondary N) is 1. The molecule has 37 heavy (non-hydrogen) atoms. The lowest BCUT2D eigenvalue weighted by atomic mass is 9.44. The highest BCUT2D eigenvalue weighted by atomic mass is 32.1. The molecule has 5 heteroatoms. The molecule has 1 N–H and O–H groups in total. The molecule has 2 unspecified atom stereocenters. The van der Waals surface area contributed by atoms with E-state index in [1.165, 1.54) is 4.88 Å². The zero-order valence-electron chi connectivity index (χ0n) is 23.8. The van der Waals surface area contributed by atoms with E-state index in [0.717, 1.165) is 32.1 Å². The molecule has 9 atom stereocenters. The number of hydrogen-bond acceptors (Lipinski definition) is 4. The van der Waals surface area contributed by atoms with Crippen LogP contribution in [0.25, 0.3) is 0 Å². The Balaban J connectivity index is 1.29. The fourth-order valence-electron chi connectivity index (χ4n) is 9.52. The van der Waals surface area contributed by atoms with Crippen LogP contribution < -0.4 is 5.32 Å². The van der Waals surface area contributed by atoms with Crippen molar-refractivity contribution in [2.24, 2.45) is 51.8 Å². The van der Waals surface area contributed by atoms with Gasteiger partial charge in [-0.25, -0.2) is 0 Å². The van der Waals surface area contributed by atoms with Crippen molar-refractivity contribution >= 4 is 28.8 Å². The number of Topliss-reactive ketones (excluding diaryl/α,β-unsaturated/α-hetero) is 2. The van der Waals surface area contributed by atoms with Gasteiger partial charge in [0.1, 0.15) is 11.6 Å². The Hall–Kier alpha value is -1.49. The van der Waals surface area contributed by atoms with Gasteiger partial charge < -0.3 is 5.32 Å². The Morgan fingerprint density at radius 1 is 1.08 bits per heavy atom. The summed E-state index contributed by atoms with van der Waals surface area (Å²) in [6.07, 6.45) is 7.92. The van der Waals surface area contributed by atoms with Crippen LogP contribution in [0.4, 0.5) is 0 Å². The number of carbonyl (C=O) groups is 3. The molecule has 0 saturated heterocycles. The lowest BCUT2D eigenvalue weighted by Crippen LogP contribution is -2.57. The van der Waals surface area contributed by atoms with Crippen molar-refractivity contribution in [1.29, 1.82) is 0 Å². The van der Waals surface area contributed by atoms with Crippen molar-refractivity contribution in [3.05, 3.63) is 22.4 Å². The van der Waals surface area contributed by atoms with Crippen LogP contribution in [0.3, 0.4) is 0 Å². The van der Waals surface area contributed by atoms with Gasteiger partial charge in [0.15, 0.2) is 0 Å². The smallest absolute Gasteiger partial charge is 0.220 e. The molecule has 1 heterocycles. The molecule has 1 amide bonds. The third-order valence-electron chi connectivity index (χ3n) is 11.6. The average Bonchev–Trinajstić information content (AvgIpc) is 3.45. The van der Waals surface area contributed by atoms with Crippen molar-refractivity contribution in [2.75, 3.05) is 0 Å². The second-order valence-corrected chi connectivity index (χ2v) is 15.6. The molecule has 0 spiro atoms. The maximum atomic E-state index is 13.6. The molecule has 4 nitrogen and oxygen atoms in total. The number of fused-ring (bicyclic) bond motifs is 5. The van der Waals surface area contributed by atoms with Gasteiger partial charge in [-0.2, -0.15) is 0 Å². The highest BCUT2D eigenvalue weighted by Crippen LogP contribution is 2.67. The summed E-state index contributed by atoms with van der Waals surface area (Å²) in [7, 11) is 0. The van der Waals surface area contributed by atoms with Crippen LogP contribution in [-0.4, -0.2) is 17.5 Å². The average molecular weight is 526 g/mol. The molecule has 4 saturated carbocycles. The molecule has 4 fully saturated rings. The molecule has 4 aliphatic rings. The molecule has 0 radical (unpaired) electrons. The Bertz CT molecular complexity index is 1040. The van der Waals surface area contributed by atoms with Gasteiger partial charge in [-0.3, -0.25) is 14.4 Å². The largest absolute Gasteiger partial charge is 0.348 e. The monoisotopic (exact) mass is 525 g/mol. The van der Waals surface area contributed by atoms with Crippen molar-refractivity contribution in [2.45, 2.75) is 105 Å². The number of amides is 1. The summed E-state index contributed by atoms with van der Waals surface area (Å²) < 4.78 is 0. The second kappa shape index (κ2) is 9.61. The first-order chi connectivity index (χ1) is 17.3. The number of thiophene rings is 1. The van der Waals surface area contributed by atoms with E-state index < -0.39 is 0 Å². The standard InChI is InChI=1S/C32H47NO3S/c1-19(16-27(36)33-29(30(2,3)4)26-8-7-15-37-26)22-9-10-23-28-24(12-14-32(22,23)6)31(5)13-11-21(34)17-20(31)18-25(28)35/h7-8,15,19-20,22-24,28-29H,9-14,16-18H2,1-6H3,(H,33,36)/t19-,20+,22?,23+,24+,28+,29?,31+,32-/m1/s1. The minimum Gasteiger partial charge on any atom is -0.348 e. The summed E-state index contributed by atoms with van der Waals surface area (Å²) in [5.74, 6) is 2.99. The predicted molar refractivity (Wildman–Crippen MR) is 149 cm³/mol. The molecule has 0 bridgehead atoms. The van der Waals surface area contributed by atoms with E-state index in [9.17, 15) is 14.4 Å². The Kier molecular flexibility index (Phi) is 7.03. The van der Waals surface area contributed by atoms with Crippen molar-refractivity contribution < 1.29 is 14.4 Å². The first-order valence-electron chi connectivity index (χ1n) is 14.7. The third-order valence-corrected chi connectivity index (χ3v) is 12.5. The van der Waals surface area contributed by atoms with Crippen molar-refractivity contribution in [3.63, 3.8) is 0 Å². The minimum atomic E-state index is -0.0500. The summed E-state index contributed by atoms with van der Waals surface area (Å²) in [6.45, 7) is 13.7.